The number of rotatable bonds is 5. The molecule has 0 heterocycles. The molecule has 1 amide bonds. The lowest BCUT2D eigenvalue weighted by molar-refractivity contribution is -0.130. The van der Waals surface area contributed by atoms with Crippen LogP contribution < -0.4 is 0 Å². The molecule has 0 aromatic heterocycles. The highest BCUT2D eigenvalue weighted by Gasteiger charge is 2.13. The molecule has 19 heavy (non-hydrogen) atoms. The Balaban J connectivity index is 2.81. The molecule has 0 unspecified atom stereocenters. The van der Waals surface area contributed by atoms with Gasteiger partial charge in [0.05, 0.1) is 18.2 Å². The van der Waals surface area contributed by atoms with E-state index in [1.165, 1.54) is 23.1 Å². The second-order valence-corrected chi connectivity index (χ2v) is 4.51. The number of hydrogen-bond acceptors (Lipinski definition) is 3. The molecular formula is C14H18FN3O. The van der Waals surface area contributed by atoms with Gasteiger partial charge in [-0.3, -0.25) is 9.69 Å². The van der Waals surface area contributed by atoms with Gasteiger partial charge in [0.15, 0.2) is 0 Å². The lowest BCUT2D eigenvalue weighted by Crippen LogP contribution is -2.36. The third-order valence-electron chi connectivity index (χ3n) is 2.87. The summed E-state index contributed by atoms with van der Waals surface area (Å²) >= 11 is 0. The van der Waals surface area contributed by atoms with Crippen LogP contribution in [0.3, 0.4) is 0 Å². The number of likely N-dealkylation sites (N-methyl/N-ethyl adjacent to an activating group) is 2. The molecule has 102 valence electrons. The number of amides is 1. The predicted molar refractivity (Wildman–Crippen MR) is 70.8 cm³/mol. The maximum absolute atomic E-state index is 13.7. The second kappa shape index (κ2) is 6.86. The molecule has 0 N–H and O–H groups in total. The zero-order valence-corrected chi connectivity index (χ0v) is 11.5. The summed E-state index contributed by atoms with van der Waals surface area (Å²) in [4.78, 5) is 15.0. The number of benzene rings is 1. The minimum absolute atomic E-state index is 0.0290. The molecule has 0 aliphatic heterocycles. The molecule has 0 fully saturated rings. The van der Waals surface area contributed by atoms with Crippen LogP contribution in [0.4, 0.5) is 4.39 Å². The van der Waals surface area contributed by atoms with Crippen molar-refractivity contribution >= 4 is 5.91 Å². The van der Waals surface area contributed by atoms with Gasteiger partial charge in [0.2, 0.25) is 5.91 Å². The molecule has 0 bridgehead atoms. The first-order valence-electron chi connectivity index (χ1n) is 6.09. The van der Waals surface area contributed by atoms with Gasteiger partial charge in [-0.2, -0.15) is 5.26 Å². The van der Waals surface area contributed by atoms with E-state index in [-0.39, 0.29) is 18.3 Å². The minimum atomic E-state index is -0.352. The van der Waals surface area contributed by atoms with Crippen LogP contribution in [0, 0.1) is 17.1 Å². The van der Waals surface area contributed by atoms with Crippen molar-refractivity contribution in [1.29, 1.82) is 5.26 Å². The van der Waals surface area contributed by atoms with Gasteiger partial charge in [-0.05, 0) is 24.7 Å². The number of hydrogen-bond donors (Lipinski definition) is 0. The first-order chi connectivity index (χ1) is 8.97. The number of nitrogens with zero attached hydrogens (tertiary/aromatic N) is 3. The Morgan fingerprint density at radius 3 is 2.63 bits per heavy atom. The van der Waals surface area contributed by atoms with Gasteiger partial charge in [0.1, 0.15) is 5.82 Å². The van der Waals surface area contributed by atoms with Crippen LogP contribution in [-0.4, -0.2) is 42.9 Å². The number of carbonyl (C=O) groups excluding carboxylic acids is 1. The Morgan fingerprint density at radius 1 is 1.42 bits per heavy atom. The monoisotopic (exact) mass is 263 g/mol. The maximum atomic E-state index is 13.7. The molecule has 5 heteroatoms. The fraction of sp³-hybridized carbons (Fsp3) is 0.429. The molecule has 0 saturated heterocycles. The van der Waals surface area contributed by atoms with Crippen molar-refractivity contribution < 1.29 is 9.18 Å². The van der Waals surface area contributed by atoms with Crippen molar-refractivity contribution in [2.45, 2.75) is 13.5 Å². The lowest BCUT2D eigenvalue weighted by atomic mass is 10.1. The molecule has 0 saturated carbocycles. The largest absolute Gasteiger partial charge is 0.348 e. The average molecular weight is 263 g/mol. The average Bonchev–Trinajstić information content (AvgIpc) is 2.39. The fourth-order valence-electron chi connectivity index (χ4n) is 1.62. The van der Waals surface area contributed by atoms with Crippen molar-refractivity contribution in [2.75, 3.05) is 27.2 Å². The van der Waals surface area contributed by atoms with E-state index in [1.807, 2.05) is 17.9 Å². The second-order valence-electron chi connectivity index (χ2n) is 4.51. The Bertz CT molecular complexity index is 494. The Labute approximate surface area is 113 Å². The first kappa shape index (κ1) is 15.1. The van der Waals surface area contributed by atoms with Crippen LogP contribution >= 0.6 is 0 Å². The zero-order chi connectivity index (χ0) is 14.4. The van der Waals surface area contributed by atoms with E-state index in [0.29, 0.717) is 24.2 Å². The zero-order valence-electron chi connectivity index (χ0n) is 11.5. The fourth-order valence-corrected chi connectivity index (χ4v) is 1.62. The van der Waals surface area contributed by atoms with Gasteiger partial charge >= 0.3 is 0 Å². The third kappa shape index (κ3) is 4.34. The normalized spacial score (nSPS) is 10.3. The summed E-state index contributed by atoms with van der Waals surface area (Å²) in [6.07, 6.45) is 0. The standard InChI is InChI=1S/C14H18FN3O/c1-4-18(10-14(19)17(2)3)9-12-7-11(8-16)5-6-13(12)15/h5-7H,4,9-10H2,1-3H3. The Morgan fingerprint density at radius 2 is 2.11 bits per heavy atom. The number of halogens is 1. The van der Waals surface area contributed by atoms with Gasteiger partial charge < -0.3 is 4.90 Å². The predicted octanol–water partition coefficient (Wildman–Crippen LogP) is 1.61. The quantitative estimate of drug-likeness (QED) is 0.811. The highest BCUT2D eigenvalue weighted by Crippen LogP contribution is 2.12. The Hall–Kier alpha value is -1.93. The van der Waals surface area contributed by atoms with Gasteiger partial charge in [-0.25, -0.2) is 4.39 Å². The minimum Gasteiger partial charge on any atom is -0.348 e. The summed E-state index contributed by atoms with van der Waals surface area (Å²) in [6, 6.07) is 6.24. The lowest BCUT2D eigenvalue weighted by Gasteiger charge is -2.22. The van der Waals surface area contributed by atoms with E-state index in [2.05, 4.69) is 0 Å². The van der Waals surface area contributed by atoms with Gasteiger partial charge in [-0.15, -0.1) is 0 Å². The summed E-state index contributed by atoms with van der Waals surface area (Å²) in [7, 11) is 3.38. The molecular weight excluding hydrogens is 245 g/mol. The molecule has 0 atom stereocenters. The van der Waals surface area contributed by atoms with Crippen LogP contribution in [-0.2, 0) is 11.3 Å². The summed E-state index contributed by atoms with van der Waals surface area (Å²) < 4.78 is 13.7. The van der Waals surface area contributed by atoms with Crippen LogP contribution in [0.15, 0.2) is 18.2 Å². The summed E-state index contributed by atoms with van der Waals surface area (Å²) in [5.74, 6) is -0.381. The van der Waals surface area contributed by atoms with Gasteiger partial charge in [0, 0.05) is 26.2 Å². The molecule has 0 radical (unpaired) electrons. The highest BCUT2D eigenvalue weighted by atomic mass is 19.1. The van der Waals surface area contributed by atoms with E-state index in [9.17, 15) is 9.18 Å². The van der Waals surface area contributed by atoms with Gasteiger partial charge in [-0.1, -0.05) is 6.92 Å². The van der Waals surface area contributed by atoms with E-state index in [1.54, 1.807) is 14.1 Å². The topological polar surface area (TPSA) is 47.3 Å². The molecule has 0 aliphatic rings. The SMILES string of the molecule is CCN(CC(=O)N(C)C)Cc1cc(C#N)ccc1F. The van der Waals surface area contributed by atoms with Crippen LogP contribution in [0.5, 0.6) is 0 Å². The molecule has 1 aromatic rings. The van der Waals surface area contributed by atoms with E-state index in [0.717, 1.165) is 0 Å². The van der Waals surface area contributed by atoms with Crippen molar-refractivity contribution in [3.8, 4) is 6.07 Å². The summed E-state index contributed by atoms with van der Waals surface area (Å²) in [6.45, 7) is 3.10. The molecule has 4 nitrogen and oxygen atoms in total. The van der Waals surface area contributed by atoms with Gasteiger partial charge in [0.25, 0.3) is 0 Å². The maximum Gasteiger partial charge on any atom is 0.236 e. The van der Waals surface area contributed by atoms with E-state index in [4.69, 9.17) is 5.26 Å². The van der Waals surface area contributed by atoms with Crippen molar-refractivity contribution in [3.63, 3.8) is 0 Å². The van der Waals surface area contributed by atoms with Crippen molar-refractivity contribution in [1.82, 2.24) is 9.80 Å². The Kier molecular flexibility index (Phi) is 5.46. The third-order valence-corrected chi connectivity index (χ3v) is 2.87. The van der Waals surface area contributed by atoms with Crippen LogP contribution in [0.2, 0.25) is 0 Å². The number of nitriles is 1. The smallest absolute Gasteiger partial charge is 0.236 e. The molecule has 1 aromatic carbocycles. The number of carbonyl (C=O) groups is 1. The van der Waals surface area contributed by atoms with Crippen LogP contribution in [0.1, 0.15) is 18.1 Å². The van der Waals surface area contributed by atoms with E-state index >= 15 is 0 Å². The van der Waals surface area contributed by atoms with Crippen molar-refractivity contribution in [3.05, 3.63) is 35.1 Å². The molecule has 0 aliphatic carbocycles. The molecule has 0 spiro atoms. The van der Waals surface area contributed by atoms with E-state index < -0.39 is 0 Å². The summed E-state index contributed by atoms with van der Waals surface area (Å²) in [5.41, 5.74) is 0.860. The van der Waals surface area contributed by atoms with Crippen LogP contribution in [0.25, 0.3) is 0 Å². The molecule has 1 rings (SSSR count). The first-order valence-corrected chi connectivity index (χ1v) is 6.09. The summed E-state index contributed by atoms with van der Waals surface area (Å²) in [5, 5.41) is 8.82. The highest BCUT2D eigenvalue weighted by molar-refractivity contribution is 5.77. The van der Waals surface area contributed by atoms with Crippen molar-refractivity contribution in [2.24, 2.45) is 0 Å².